The second-order valence-electron chi connectivity index (χ2n) is 11.1. The van der Waals surface area contributed by atoms with Crippen LogP contribution in [0.15, 0.2) is 60.7 Å². The number of ether oxygens (including phenoxy) is 1. The molecule has 0 aliphatic heterocycles. The summed E-state index contributed by atoms with van der Waals surface area (Å²) in [6, 6.07) is 8.52. The zero-order valence-electron chi connectivity index (χ0n) is 23.5. The highest BCUT2D eigenvalue weighted by Gasteiger charge is 2.41. The Morgan fingerprint density at radius 3 is 1.68 bits per heavy atom. The summed E-state index contributed by atoms with van der Waals surface area (Å²) < 4.78 is 134. The van der Waals surface area contributed by atoms with Crippen molar-refractivity contribution in [2.75, 3.05) is 0 Å². The highest BCUT2D eigenvalue weighted by atomic mass is 19.3. The number of alkyl halides is 2. The van der Waals surface area contributed by atoms with Gasteiger partial charge in [-0.05, 0) is 96.7 Å². The van der Waals surface area contributed by atoms with Crippen LogP contribution in [0.25, 0.3) is 22.3 Å². The van der Waals surface area contributed by atoms with Crippen molar-refractivity contribution in [1.29, 1.82) is 0 Å². The van der Waals surface area contributed by atoms with Crippen LogP contribution in [0, 0.1) is 46.6 Å². The lowest BCUT2D eigenvalue weighted by Crippen LogP contribution is -2.25. The molecule has 44 heavy (non-hydrogen) atoms. The van der Waals surface area contributed by atoms with Gasteiger partial charge in [-0.25, -0.2) is 30.7 Å². The minimum atomic E-state index is -4.65. The quantitative estimate of drug-likeness (QED) is 0.140. The highest BCUT2D eigenvalue weighted by Crippen LogP contribution is 2.41. The molecular formula is C34H27F9O. The topological polar surface area (TPSA) is 9.23 Å². The Bertz CT molecular complexity index is 1630. The molecule has 1 nitrogen and oxygen atoms in total. The largest absolute Gasteiger partial charge is 0.432 e. The first-order valence-corrected chi connectivity index (χ1v) is 14.2. The molecule has 1 fully saturated rings. The molecule has 0 radical (unpaired) electrons. The maximum atomic E-state index is 15.1. The van der Waals surface area contributed by atoms with Crippen LogP contribution < -0.4 is 4.74 Å². The predicted molar refractivity (Wildman–Crippen MR) is 148 cm³/mol. The molecule has 0 N–H and O–H groups in total. The predicted octanol–water partition coefficient (Wildman–Crippen LogP) is 11.2. The van der Waals surface area contributed by atoms with E-state index in [0.717, 1.165) is 56.2 Å². The molecule has 0 bridgehead atoms. The summed E-state index contributed by atoms with van der Waals surface area (Å²) in [5.74, 6) is -10.5. The maximum Gasteiger partial charge on any atom is 0.432 e. The number of hydrogen-bond acceptors (Lipinski definition) is 1. The second-order valence-corrected chi connectivity index (χ2v) is 11.1. The second kappa shape index (κ2) is 12.6. The van der Waals surface area contributed by atoms with Gasteiger partial charge in [0.25, 0.3) is 0 Å². The molecule has 0 unspecified atom stereocenters. The molecule has 1 aliphatic rings. The van der Waals surface area contributed by atoms with Crippen LogP contribution in [0.3, 0.4) is 0 Å². The Hall–Kier alpha value is -3.95. The first kappa shape index (κ1) is 31.5. The van der Waals surface area contributed by atoms with Crippen LogP contribution >= 0.6 is 0 Å². The number of hydrogen-bond donors (Lipinski definition) is 0. The van der Waals surface area contributed by atoms with Crippen LogP contribution in [0.4, 0.5) is 39.5 Å². The van der Waals surface area contributed by atoms with Gasteiger partial charge in [0, 0.05) is 17.2 Å². The third-order valence-corrected chi connectivity index (χ3v) is 8.13. The Morgan fingerprint density at radius 2 is 1.16 bits per heavy atom. The van der Waals surface area contributed by atoms with Gasteiger partial charge >= 0.3 is 6.11 Å². The van der Waals surface area contributed by atoms with Crippen LogP contribution in [0.2, 0.25) is 0 Å². The van der Waals surface area contributed by atoms with Crippen LogP contribution in [-0.2, 0) is 6.11 Å². The van der Waals surface area contributed by atoms with E-state index in [1.54, 1.807) is 6.07 Å². The summed E-state index contributed by atoms with van der Waals surface area (Å²) in [6.45, 7) is 2.14. The minimum absolute atomic E-state index is 0.162. The van der Waals surface area contributed by atoms with Gasteiger partial charge in [-0.3, -0.25) is 0 Å². The summed E-state index contributed by atoms with van der Waals surface area (Å²) in [7, 11) is 0. The molecule has 0 atom stereocenters. The lowest BCUT2D eigenvalue weighted by atomic mass is 9.77. The summed E-state index contributed by atoms with van der Waals surface area (Å²) in [5.41, 5.74) is -2.39. The standard InChI is InChI=1S/C34H27F9O/c1-2-3-18-4-6-19(7-5-18)20-8-10-24(26(35)12-20)21-13-28(37)32(29(38)14-21)34(42,43)44-23-9-11-25(27(36)17-23)22-15-30(39)33(41)31(40)16-22/h8-19H,2-7H2,1H3. The van der Waals surface area contributed by atoms with Crippen molar-refractivity contribution in [2.45, 2.75) is 57.5 Å². The van der Waals surface area contributed by atoms with Crippen molar-refractivity contribution >= 4 is 0 Å². The average molecular weight is 623 g/mol. The smallest absolute Gasteiger partial charge is 0.429 e. The van der Waals surface area contributed by atoms with Crippen molar-refractivity contribution in [3.8, 4) is 28.0 Å². The van der Waals surface area contributed by atoms with Crippen molar-refractivity contribution < 1.29 is 44.3 Å². The first-order chi connectivity index (χ1) is 20.9. The Morgan fingerprint density at radius 1 is 0.636 bits per heavy atom. The lowest BCUT2D eigenvalue weighted by molar-refractivity contribution is -0.189. The SMILES string of the molecule is CCCC1CCC(c2ccc(-c3cc(F)c(C(F)(F)Oc4ccc(-c5cc(F)c(F)c(F)c5)c(F)c4)c(F)c3)c(F)c2)CC1. The molecule has 10 heteroatoms. The normalized spacial score (nSPS) is 17.1. The van der Waals surface area contributed by atoms with Crippen molar-refractivity contribution in [3.63, 3.8) is 0 Å². The third-order valence-electron chi connectivity index (χ3n) is 8.13. The van der Waals surface area contributed by atoms with E-state index >= 15 is 4.39 Å². The van der Waals surface area contributed by atoms with E-state index in [-0.39, 0.29) is 17.0 Å². The zero-order valence-corrected chi connectivity index (χ0v) is 23.5. The number of benzene rings is 4. The Labute approximate surface area is 248 Å². The highest BCUT2D eigenvalue weighted by molar-refractivity contribution is 5.66. The molecule has 1 saturated carbocycles. The van der Waals surface area contributed by atoms with Gasteiger partial charge in [0.05, 0.1) is 0 Å². The van der Waals surface area contributed by atoms with E-state index in [4.69, 9.17) is 0 Å². The summed E-state index contributed by atoms with van der Waals surface area (Å²) in [4.78, 5) is 0. The van der Waals surface area contributed by atoms with Crippen LogP contribution in [0.5, 0.6) is 5.75 Å². The van der Waals surface area contributed by atoms with Gasteiger partial charge in [-0.2, -0.15) is 8.78 Å². The molecular weight excluding hydrogens is 595 g/mol. The molecule has 0 heterocycles. The molecule has 1 aliphatic carbocycles. The summed E-state index contributed by atoms with van der Waals surface area (Å²) in [5, 5.41) is 0. The summed E-state index contributed by atoms with van der Waals surface area (Å²) in [6.07, 6.45) is 1.52. The average Bonchev–Trinajstić information content (AvgIpc) is 2.95. The Kier molecular flexibility index (Phi) is 9.00. The van der Waals surface area contributed by atoms with Gasteiger partial charge in [0.1, 0.15) is 34.6 Å². The van der Waals surface area contributed by atoms with Crippen LogP contribution in [0.1, 0.15) is 62.5 Å². The molecule has 232 valence electrons. The van der Waals surface area contributed by atoms with Crippen LogP contribution in [-0.4, -0.2) is 0 Å². The van der Waals surface area contributed by atoms with E-state index in [1.807, 2.05) is 0 Å². The first-order valence-electron chi connectivity index (χ1n) is 14.2. The Balaban J connectivity index is 1.35. The number of halogens is 9. The van der Waals surface area contributed by atoms with E-state index < -0.39 is 69.3 Å². The van der Waals surface area contributed by atoms with Crippen molar-refractivity contribution in [3.05, 3.63) is 113 Å². The minimum Gasteiger partial charge on any atom is -0.429 e. The van der Waals surface area contributed by atoms with Gasteiger partial charge in [0.15, 0.2) is 17.5 Å². The fourth-order valence-electron chi connectivity index (χ4n) is 5.92. The van der Waals surface area contributed by atoms with E-state index in [0.29, 0.717) is 36.2 Å². The van der Waals surface area contributed by atoms with E-state index in [1.165, 1.54) is 12.1 Å². The molecule has 0 saturated heterocycles. The fraction of sp³-hybridized carbons (Fsp3) is 0.294. The van der Waals surface area contributed by atoms with Crippen molar-refractivity contribution in [1.82, 2.24) is 0 Å². The van der Waals surface area contributed by atoms with Gasteiger partial charge in [0.2, 0.25) is 0 Å². The summed E-state index contributed by atoms with van der Waals surface area (Å²) >= 11 is 0. The van der Waals surface area contributed by atoms with E-state index in [9.17, 15) is 35.1 Å². The fourth-order valence-corrected chi connectivity index (χ4v) is 5.92. The molecule has 0 spiro atoms. The third kappa shape index (κ3) is 6.44. The number of rotatable bonds is 8. The van der Waals surface area contributed by atoms with Gasteiger partial charge < -0.3 is 4.74 Å². The molecule has 5 rings (SSSR count). The zero-order chi connectivity index (χ0) is 31.8. The lowest BCUT2D eigenvalue weighted by Gasteiger charge is -2.28. The maximum absolute atomic E-state index is 15.1. The molecule has 4 aromatic rings. The monoisotopic (exact) mass is 622 g/mol. The molecule has 0 amide bonds. The van der Waals surface area contributed by atoms with Gasteiger partial charge in [-0.1, -0.05) is 31.9 Å². The molecule has 0 aromatic heterocycles. The van der Waals surface area contributed by atoms with Crippen molar-refractivity contribution in [2.24, 2.45) is 5.92 Å². The van der Waals surface area contributed by atoms with Gasteiger partial charge in [-0.15, -0.1) is 0 Å². The molecule has 4 aromatic carbocycles. The van der Waals surface area contributed by atoms with E-state index in [2.05, 4.69) is 11.7 Å².